The van der Waals surface area contributed by atoms with Gasteiger partial charge in [-0.15, -0.1) is 0 Å². The van der Waals surface area contributed by atoms with Crippen LogP contribution in [0, 0.1) is 0 Å². The van der Waals surface area contributed by atoms with Crippen LogP contribution in [-0.2, 0) is 0 Å². The van der Waals surface area contributed by atoms with Crippen LogP contribution in [0.5, 0.6) is 0 Å². The lowest BCUT2D eigenvalue weighted by Gasteiger charge is -2.24. The van der Waals surface area contributed by atoms with Crippen molar-refractivity contribution in [3.63, 3.8) is 0 Å². The number of aliphatic hydroxyl groups is 1. The molecule has 3 nitrogen and oxygen atoms in total. The van der Waals surface area contributed by atoms with E-state index < -0.39 is 5.60 Å². The molecule has 1 saturated heterocycles. The van der Waals surface area contributed by atoms with E-state index in [0.717, 1.165) is 32.4 Å². The van der Waals surface area contributed by atoms with E-state index in [2.05, 4.69) is 4.90 Å². The summed E-state index contributed by atoms with van der Waals surface area (Å²) in [5, 5.41) is 9.82. The standard InChI is InChI=1S/C10H20N2O/c1-10(13)4-5-12(7-10)9-3-2-8(11)6-9/h8-9,13H,2-7,11H2,1H3. The van der Waals surface area contributed by atoms with Gasteiger partial charge >= 0.3 is 0 Å². The fourth-order valence-corrected chi connectivity index (χ4v) is 2.62. The first-order valence-corrected chi connectivity index (χ1v) is 5.29. The van der Waals surface area contributed by atoms with E-state index in [9.17, 15) is 5.11 Å². The summed E-state index contributed by atoms with van der Waals surface area (Å²) < 4.78 is 0. The molecule has 3 atom stereocenters. The smallest absolute Gasteiger partial charge is 0.0758 e. The third kappa shape index (κ3) is 2.03. The van der Waals surface area contributed by atoms with Crippen molar-refractivity contribution in [2.45, 2.75) is 50.3 Å². The number of nitrogens with zero attached hydrogens (tertiary/aromatic N) is 1. The molecule has 3 unspecified atom stereocenters. The molecule has 0 bridgehead atoms. The van der Waals surface area contributed by atoms with E-state index in [-0.39, 0.29) is 0 Å². The van der Waals surface area contributed by atoms with Gasteiger partial charge in [0.15, 0.2) is 0 Å². The van der Waals surface area contributed by atoms with Crippen LogP contribution in [0.15, 0.2) is 0 Å². The van der Waals surface area contributed by atoms with Crippen molar-refractivity contribution in [1.82, 2.24) is 4.90 Å². The number of nitrogens with two attached hydrogens (primary N) is 1. The summed E-state index contributed by atoms with van der Waals surface area (Å²) in [6.45, 7) is 3.82. The van der Waals surface area contributed by atoms with Crippen LogP contribution in [0.1, 0.15) is 32.6 Å². The van der Waals surface area contributed by atoms with Gasteiger partial charge in [-0.2, -0.15) is 0 Å². The molecule has 1 saturated carbocycles. The molecule has 0 amide bonds. The predicted octanol–water partition coefficient (Wildman–Crippen LogP) is 0.323. The number of hydrogen-bond acceptors (Lipinski definition) is 3. The summed E-state index contributed by atoms with van der Waals surface area (Å²) in [7, 11) is 0. The van der Waals surface area contributed by atoms with Gasteiger partial charge in [0.25, 0.3) is 0 Å². The van der Waals surface area contributed by atoms with Gasteiger partial charge in [0.2, 0.25) is 0 Å². The van der Waals surface area contributed by atoms with Crippen molar-refractivity contribution >= 4 is 0 Å². The highest BCUT2D eigenvalue weighted by Crippen LogP contribution is 2.29. The number of likely N-dealkylation sites (tertiary alicyclic amines) is 1. The molecule has 0 aromatic carbocycles. The zero-order chi connectivity index (χ0) is 9.47. The van der Waals surface area contributed by atoms with Crippen LogP contribution in [-0.4, -0.2) is 40.8 Å². The number of hydrogen-bond donors (Lipinski definition) is 2. The van der Waals surface area contributed by atoms with Gasteiger partial charge in [-0.3, -0.25) is 4.90 Å². The first-order chi connectivity index (χ1) is 6.07. The Labute approximate surface area is 79.9 Å². The van der Waals surface area contributed by atoms with Crippen molar-refractivity contribution in [3.8, 4) is 0 Å². The Morgan fingerprint density at radius 1 is 1.46 bits per heavy atom. The minimum atomic E-state index is -0.452. The Hall–Kier alpha value is -0.120. The Morgan fingerprint density at radius 2 is 2.23 bits per heavy atom. The maximum atomic E-state index is 9.82. The van der Waals surface area contributed by atoms with E-state index in [0.29, 0.717) is 12.1 Å². The first-order valence-electron chi connectivity index (χ1n) is 5.29. The summed E-state index contributed by atoms with van der Waals surface area (Å²) in [5.74, 6) is 0. The maximum absolute atomic E-state index is 9.82. The molecular weight excluding hydrogens is 164 g/mol. The van der Waals surface area contributed by atoms with Gasteiger partial charge in [-0.25, -0.2) is 0 Å². The zero-order valence-corrected chi connectivity index (χ0v) is 8.37. The van der Waals surface area contributed by atoms with E-state index in [1.807, 2.05) is 6.92 Å². The highest BCUT2D eigenvalue weighted by atomic mass is 16.3. The van der Waals surface area contributed by atoms with Gasteiger partial charge in [0.1, 0.15) is 0 Å². The third-order valence-corrected chi connectivity index (χ3v) is 3.44. The van der Waals surface area contributed by atoms with Gasteiger partial charge in [0.05, 0.1) is 5.60 Å². The molecule has 13 heavy (non-hydrogen) atoms. The fourth-order valence-electron chi connectivity index (χ4n) is 2.62. The summed E-state index contributed by atoms with van der Waals surface area (Å²) in [6, 6.07) is 1.04. The van der Waals surface area contributed by atoms with Crippen molar-refractivity contribution in [3.05, 3.63) is 0 Å². The normalized spacial score (nSPS) is 47.3. The molecule has 0 aromatic rings. The maximum Gasteiger partial charge on any atom is 0.0758 e. The van der Waals surface area contributed by atoms with Crippen LogP contribution in [0.2, 0.25) is 0 Å². The lowest BCUT2D eigenvalue weighted by molar-refractivity contribution is 0.0624. The zero-order valence-electron chi connectivity index (χ0n) is 8.37. The molecule has 1 aliphatic carbocycles. The molecule has 76 valence electrons. The second-order valence-corrected chi connectivity index (χ2v) is 4.94. The third-order valence-electron chi connectivity index (χ3n) is 3.44. The summed E-state index contributed by atoms with van der Waals surface area (Å²) in [4.78, 5) is 2.41. The summed E-state index contributed by atoms with van der Waals surface area (Å²) in [6.07, 6.45) is 4.41. The topological polar surface area (TPSA) is 49.5 Å². The molecule has 1 aliphatic heterocycles. The fraction of sp³-hybridized carbons (Fsp3) is 1.00. The highest BCUT2D eigenvalue weighted by Gasteiger charge is 2.37. The molecule has 3 N–H and O–H groups in total. The van der Waals surface area contributed by atoms with E-state index in [4.69, 9.17) is 5.73 Å². The predicted molar refractivity (Wildman–Crippen MR) is 52.4 cm³/mol. The molecule has 2 rings (SSSR count). The number of rotatable bonds is 1. The molecular formula is C10H20N2O. The van der Waals surface area contributed by atoms with E-state index in [1.54, 1.807) is 0 Å². The van der Waals surface area contributed by atoms with Gasteiger partial charge in [0, 0.05) is 25.2 Å². The van der Waals surface area contributed by atoms with Crippen molar-refractivity contribution in [2.24, 2.45) is 5.73 Å². The monoisotopic (exact) mass is 184 g/mol. The summed E-state index contributed by atoms with van der Waals surface area (Å²) >= 11 is 0. The van der Waals surface area contributed by atoms with Gasteiger partial charge < -0.3 is 10.8 Å². The molecule has 0 radical (unpaired) electrons. The average molecular weight is 184 g/mol. The van der Waals surface area contributed by atoms with E-state index in [1.165, 1.54) is 6.42 Å². The molecule has 2 aliphatic rings. The average Bonchev–Trinajstić information content (AvgIpc) is 2.56. The number of β-amino-alcohol motifs (C(OH)–C–C–N with tert-alkyl or cyclic N) is 1. The van der Waals surface area contributed by atoms with Crippen LogP contribution < -0.4 is 5.73 Å². The highest BCUT2D eigenvalue weighted by molar-refractivity contribution is 4.93. The second-order valence-electron chi connectivity index (χ2n) is 4.94. The molecule has 1 heterocycles. The van der Waals surface area contributed by atoms with Crippen molar-refractivity contribution in [2.75, 3.05) is 13.1 Å². The van der Waals surface area contributed by atoms with Crippen LogP contribution in [0.3, 0.4) is 0 Å². The quantitative estimate of drug-likeness (QED) is 0.617. The molecule has 0 spiro atoms. The molecule has 2 fully saturated rings. The Kier molecular flexibility index (Phi) is 2.34. The van der Waals surface area contributed by atoms with Crippen LogP contribution >= 0.6 is 0 Å². The Bertz CT molecular complexity index is 193. The van der Waals surface area contributed by atoms with Gasteiger partial charge in [-0.1, -0.05) is 0 Å². The lowest BCUT2D eigenvalue weighted by atomic mass is 10.1. The summed E-state index contributed by atoms with van der Waals surface area (Å²) in [5.41, 5.74) is 5.42. The van der Waals surface area contributed by atoms with Gasteiger partial charge in [-0.05, 0) is 32.6 Å². The van der Waals surface area contributed by atoms with Crippen molar-refractivity contribution < 1.29 is 5.11 Å². The lowest BCUT2D eigenvalue weighted by Crippen LogP contribution is -2.36. The van der Waals surface area contributed by atoms with Crippen molar-refractivity contribution in [1.29, 1.82) is 0 Å². The van der Waals surface area contributed by atoms with Crippen LogP contribution in [0.4, 0.5) is 0 Å². The largest absolute Gasteiger partial charge is 0.389 e. The minimum Gasteiger partial charge on any atom is -0.389 e. The minimum absolute atomic E-state index is 0.399. The van der Waals surface area contributed by atoms with Crippen LogP contribution in [0.25, 0.3) is 0 Å². The van der Waals surface area contributed by atoms with E-state index >= 15 is 0 Å². The Morgan fingerprint density at radius 3 is 2.69 bits per heavy atom. The molecule has 0 aromatic heterocycles. The Balaban J connectivity index is 1.89. The molecule has 3 heteroatoms. The second kappa shape index (κ2) is 3.23. The SMILES string of the molecule is CC1(O)CCN(C2CCC(N)C2)C1. The first kappa shape index (κ1) is 9.44.